The van der Waals surface area contributed by atoms with E-state index < -0.39 is 5.54 Å². The lowest BCUT2D eigenvalue weighted by Gasteiger charge is -2.47. The van der Waals surface area contributed by atoms with Crippen LogP contribution in [-0.4, -0.2) is 40.8 Å². The maximum absolute atomic E-state index is 12.0. The van der Waals surface area contributed by atoms with Crippen LogP contribution in [0.5, 0.6) is 0 Å². The average Bonchev–Trinajstić information content (AvgIpc) is 1.95. The van der Waals surface area contributed by atoms with Gasteiger partial charge in [-0.1, -0.05) is 0 Å². The van der Waals surface area contributed by atoms with E-state index >= 15 is 0 Å². The van der Waals surface area contributed by atoms with Gasteiger partial charge < -0.3 is 4.90 Å². The van der Waals surface area contributed by atoms with E-state index in [2.05, 4.69) is 5.32 Å². The molecule has 0 bridgehead atoms. The molecule has 4 heteroatoms. The fourth-order valence-electron chi connectivity index (χ4n) is 2.28. The Labute approximate surface area is 91.0 Å². The predicted molar refractivity (Wildman–Crippen MR) is 58.6 cm³/mol. The van der Waals surface area contributed by atoms with E-state index in [4.69, 9.17) is 0 Å². The highest BCUT2D eigenvalue weighted by Crippen LogP contribution is 2.21. The maximum atomic E-state index is 12.0. The van der Waals surface area contributed by atoms with E-state index in [-0.39, 0.29) is 23.8 Å². The summed E-state index contributed by atoms with van der Waals surface area (Å²) in [5.41, 5.74) is -0.732. The van der Waals surface area contributed by atoms with Gasteiger partial charge in [-0.3, -0.25) is 14.9 Å². The first-order chi connectivity index (χ1) is 6.64. The number of nitrogens with one attached hydrogen (secondary N) is 1. The van der Waals surface area contributed by atoms with E-state index in [0.717, 1.165) is 0 Å². The molecule has 15 heavy (non-hydrogen) atoms. The lowest BCUT2D eigenvalue weighted by Crippen LogP contribution is -2.70. The van der Waals surface area contributed by atoms with Crippen LogP contribution >= 0.6 is 0 Å². The van der Waals surface area contributed by atoms with E-state index in [9.17, 15) is 9.59 Å². The summed E-state index contributed by atoms with van der Waals surface area (Å²) in [7, 11) is 0. The summed E-state index contributed by atoms with van der Waals surface area (Å²) in [5.74, 6) is 0.0221. The van der Waals surface area contributed by atoms with E-state index in [1.165, 1.54) is 6.92 Å². The third kappa shape index (κ3) is 2.78. The highest BCUT2D eigenvalue weighted by atomic mass is 16.2. The summed E-state index contributed by atoms with van der Waals surface area (Å²) < 4.78 is 0. The Bertz CT molecular complexity index is 295. The van der Waals surface area contributed by atoms with E-state index in [0.29, 0.717) is 6.54 Å². The van der Waals surface area contributed by atoms with Crippen molar-refractivity contribution in [3.05, 3.63) is 0 Å². The van der Waals surface area contributed by atoms with Gasteiger partial charge in [0.2, 0.25) is 5.91 Å². The van der Waals surface area contributed by atoms with Crippen LogP contribution in [0.3, 0.4) is 0 Å². The minimum atomic E-state index is -0.586. The second-order valence-corrected chi connectivity index (χ2v) is 5.50. The summed E-state index contributed by atoms with van der Waals surface area (Å²) >= 11 is 0. The van der Waals surface area contributed by atoms with Crippen molar-refractivity contribution in [2.45, 2.75) is 45.7 Å². The minimum Gasteiger partial charge on any atom is -0.332 e. The molecule has 1 saturated heterocycles. The number of rotatable bonds is 2. The van der Waals surface area contributed by atoms with Crippen molar-refractivity contribution < 1.29 is 9.59 Å². The van der Waals surface area contributed by atoms with Gasteiger partial charge in [-0.05, 0) is 34.6 Å². The first kappa shape index (κ1) is 12.2. The molecule has 1 heterocycles. The van der Waals surface area contributed by atoms with Crippen molar-refractivity contribution in [1.29, 1.82) is 0 Å². The predicted octanol–water partition coefficient (Wildman–Crippen LogP) is 0.564. The van der Waals surface area contributed by atoms with E-state index in [1.54, 1.807) is 4.90 Å². The first-order valence-corrected chi connectivity index (χ1v) is 5.22. The molecular formula is C11H20N2O2. The highest BCUT2D eigenvalue weighted by molar-refractivity contribution is 5.90. The van der Waals surface area contributed by atoms with Crippen LogP contribution in [0.25, 0.3) is 0 Å². The first-order valence-electron chi connectivity index (χ1n) is 5.22. The van der Waals surface area contributed by atoms with Crippen molar-refractivity contribution in [3.63, 3.8) is 0 Å². The Morgan fingerprint density at radius 1 is 1.40 bits per heavy atom. The van der Waals surface area contributed by atoms with Crippen molar-refractivity contribution in [1.82, 2.24) is 10.2 Å². The van der Waals surface area contributed by atoms with E-state index in [1.807, 2.05) is 27.7 Å². The zero-order chi connectivity index (χ0) is 11.9. The van der Waals surface area contributed by atoms with Gasteiger partial charge in [0.1, 0.15) is 5.78 Å². The zero-order valence-corrected chi connectivity index (χ0v) is 10.2. The number of ketones is 1. The SMILES string of the molecule is CC(=O)CN1CC(C)(C)NC(C)(C)C1=O. The quantitative estimate of drug-likeness (QED) is 0.728. The Hall–Kier alpha value is -0.900. The van der Waals surface area contributed by atoms with Crippen LogP contribution < -0.4 is 5.32 Å². The van der Waals surface area contributed by atoms with Gasteiger partial charge in [-0.2, -0.15) is 0 Å². The molecule has 1 amide bonds. The summed E-state index contributed by atoms with van der Waals surface area (Å²) in [4.78, 5) is 24.7. The fourth-order valence-corrected chi connectivity index (χ4v) is 2.28. The van der Waals surface area contributed by atoms with Crippen molar-refractivity contribution in [2.24, 2.45) is 0 Å². The molecule has 0 aromatic rings. The molecule has 4 nitrogen and oxygen atoms in total. The molecule has 0 unspecified atom stereocenters. The summed E-state index contributed by atoms with van der Waals surface area (Å²) in [5, 5.41) is 3.28. The van der Waals surface area contributed by atoms with Crippen LogP contribution in [0.4, 0.5) is 0 Å². The number of amides is 1. The molecule has 86 valence electrons. The van der Waals surface area contributed by atoms with Crippen LogP contribution in [0.15, 0.2) is 0 Å². The van der Waals surface area contributed by atoms with Crippen molar-refractivity contribution in [3.8, 4) is 0 Å². The number of hydrogen-bond donors (Lipinski definition) is 1. The number of carbonyl (C=O) groups excluding carboxylic acids is 2. The molecular weight excluding hydrogens is 192 g/mol. The molecule has 0 aromatic carbocycles. The summed E-state index contributed by atoms with van der Waals surface area (Å²) in [6, 6.07) is 0. The van der Waals surface area contributed by atoms with Gasteiger partial charge in [-0.15, -0.1) is 0 Å². The van der Waals surface area contributed by atoms with Gasteiger partial charge in [0.05, 0.1) is 12.1 Å². The van der Waals surface area contributed by atoms with Gasteiger partial charge in [0, 0.05) is 12.1 Å². The molecule has 1 aliphatic rings. The monoisotopic (exact) mass is 212 g/mol. The Morgan fingerprint density at radius 3 is 2.40 bits per heavy atom. The van der Waals surface area contributed by atoms with Crippen LogP contribution in [-0.2, 0) is 9.59 Å². The molecule has 1 aliphatic heterocycles. The maximum Gasteiger partial charge on any atom is 0.242 e. The molecule has 1 fully saturated rings. The lowest BCUT2D eigenvalue weighted by atomic mass is 9.90. The third-order valence-corrected chi connectivity index (χ3v) is 2.47. The minimum absolute atomic E-state index is 0.00275. The lowest BCUT2D eigenvalue weighted by molar-refractivity contribution is -0.145. The number of hydrogen-bond acceptors (Lipinski definition) is 3. The molecule has 1 rings (SSSR count). The Balaban J connectivity index is 2.88. The Kier molecular flexibility index (Phi) is 2.92. The van der Waals surface area contributed by atoms with Gasteiger partial charge in [-0.25, -0.2) is 0 Å². The number of carbonyl (C=O) groups is 2. The third-order valence-electron chi connectivity index (χ3n) is 2.47. The fraction of sp³-hybridized carbons (Fsp3) is 0.818. The summed E-state index contributed by atoms with van der Waals surface area (Å²) in [6.45, 7) is 10.1. The largest absolute Gasteiger partial charge is 0.332 e. The van der Waals surface area contributed by atoms with Crippen LogP contribution in [0.2, 0.25) is 0 Å². The number of nitrogens with zero attached hydrogens (tertiary/aromatic N) is 1. The standard InChI is InChI=1S/C11H20N2O2/c1-8(14)6-13-7-10(2,3)12-11(4,5)9(13)15/h12H,6-7H2,1-5H3. The molecule has 0 aliphatic carbocycles. The summed E-state index contributed by atoms with van der Waals surface area (Å²) in [6.07, 6.45) is 0. The molecule has 0 radical (unpaired) electrons. The number of piperazine rings is 1. The normalized spacial score (nSPS) is 24.1. The van der Waals surface area contributed by atoms with Crippen LogP contribution in [0.1, 0.15) is 34.6 Å². The van der Waals surface area contributed by atoms with Crippen LogP contribution in [0, 0.1) is 0 Å². The average molecular weight is 212 g/mol. The second-order valence-electron chi connectivity index (χ2n) is 5.50. The van der Waals surface area contributed by atoms with Crippen molar-refractivity contribution in [2.75, 3.05) is 13.1 Å². The molecule has 1 N–H and O–H groups in total. The smallest absolute Gasteiger partial charge is 0.242 e. The molecule has 0 atom stereocenters. The van der Waals surface area contributed by atoms with Crippen molar-refractivity contribution >= 4 is 11.7 Å². The second kappa shape index (κ2) is 3.59. The zero-order valence-electron chi connectivity index (χ0n) is 10.2. The Morgan fingerprint density at radius 2 is 1.93 bits per heavy atom. The molecule has 0 aromatic heterocycles. The van der Waals surface area contributed by atoms with Gasteiger partial charge >= 0.3 is 0 Å². The van der Waals surface area contributed by atoms with Gasteiger partial charge in [0.25, 0.3) is 0 Å². The highest BCUT2D eigenvalue weighted by Gasteiger charge is 2.43. The number of Topliss-reactive ketones (excluding diaryl/α,β-unsaturated/α-hetero) is 1. The van der Waals surface area contributed by atoms with Gasteiger partial charge in [0.15, 0.2) is 0 Å². The molecule has 0 saturated carbocycles. The topological polar surface area (TPSA) is 49.4 Å². The molecule has 0 spiro atoms.